The molecule has 0 radical (unpaired) electrons. The number of nitrogens with one attached hydrogen (secondary N) is 1. The van der Waals surface area contributed by atoms with Crippen molar-refractivity contribution in [3.8, 4) is 0 Å². The van der Waals surface area contributed by atoms with Gasteiger partial charge in [0.2, 0.25) is 5.89 Å². The smallest absolute Gasteiger partial charge is 0.317 e. The van der Waals surface area contributed by atoms with E-state index in [0.29, 0.717) is 17.6 Å². The largest absolute Gasteiger partial charge is 0.481 e. The second-order valence-corrected chi connectivity index (χ2v) is 6.56. The van der Waals surface area contributed by atoms with Gasteiger partial charge in [-0.15, -0.1) is 0 Å². The monoisotopic (exact) mass is 324 g/mol. The molecule has 128 valence electrons. The summed E-state index contributed by atoms with van der Waals surface area (Å²) in [5, 5.41) is 15.8. The van der Waals surface area contributed by atoms with Gasteiger partial charge in [0.05, 0.1) is 5.92 Å². The highest BCUT2D eigenvalue weighted by Gasteiger charge is 2.32. The number of carbonyl (C=O) groups excluding carboxylic acids is 1. The average molecular weight is 324 g/mol. The number of aromatic nitrogens is 2. The van der Waals surface area contributed by atoms with E-state index >= 15 is 0 Å². The second kappa shape index (κ2) is 6.97. The fourth-order valence-corrected chi connectivity index (χ4v) is 2.21. The third kappa shape index (κ3) is 4.43. The van der Waals surface area contributed by atoms with Gasteiger partial charge < -0.3 is 19.8 Å². The SMILES string of the molecule is CC(CN(C)C(=O)NC(c1nc(C2CC2)no1)C(C)C)C(=O)O. The molecule has 0 saturated heterocycles. The van der Waals surface area contributed by atoms with Gasteiger partial charge in [-0.1, -0.05) is 25.9 Å². The lowest BCUT2D eigenvalue weighted by Gasteiger charge is -2.24. The molecule has 1 aromatic rings. The van der Waals surface area contributed by atoms with Gasteiger partial charge in [-0.2, -0.15) is 4.98 Å². The minimum Gasteiger partial charge on any atom is -0.481 e. The molecular formula is C15H24N4O4. The Bertz CT molecular complexity index is 568. The number of carboxylic acid groups (broad SMARTS) is 1. The molecule has 0 aromatic carbocycles. The maximum atomic E-state index is 12.3. The molecule has 23 heavy (non-hydrogen) atoms. The highest BCUT2D eigenvalue weighted by atomic mass is 16.5. The summed E-state index contributed by atoms with van der Waals surface area (Å²) in [5.41, 5.74) is 0. The lowest BCUT2D eigenvalue weighted by molar-refractivity contribution is -0.141. The molecule has 1 fully saturated rings. The zero-order chi connectivity index (χ0) is 17.1. The summed E-state index contributed by atoms with van der Waals surface area (Å²) in [4.78, 5) is 28.9. The molecule has 1 heterocycles. The van der Waals surface area contributed by atoms with Crippen molar-refractivity contribution in [2.45, 2.75) is 45.6 Å². The first-order valence-corrected chi connectivity index (χ1v) is 7.87. The lowest BCUT2D eigenvalue weighted by Crippen LogP contribution is -2.43. The number of urea groups is 1. The van der Waals surface area contributed by atoms with Crippen LogP contribution in [0.2, 0.25) is 0 Å². The van der Waals surface area contributed by atoms with Crippen molar-refractivity contribution >= 4 is 12.0 Å². The quantitative estimate of drug-likeness (QED) is 0.794. The van der Waals surface area contributed by atoms with Crippen LogP contribution in [0.1, 0.15) is 57.3 Å². The van der Waals surface area contributed by atoms with Crippen LogP contribution in [0.4, 0.5) is 4.79 Å². The number of amides is 2. The predicted octanol–water partition coefficient (Wildman–Crippen LogP) is 2.01. The van der Waals surface area contributed by atoms with Crippen LogP contribution in [-0.2, 0) is 4.79 Å². The minimum absolute atomic E-state index is 0.0664. The van der Waals surface area contributed by atoms with E-state index in [4.69, 9.17) is 9.63 Å². The van der Waals surface area contributed by atoms with Crippen molar-refractivity contribution in [1.29, 1.82) is 0 Å². The summed E-state index contributed by atoms with van der Waals surface area (Å²) >= 11 is 0. The first-order valence-electron chi connectivity index (χ1n) is 7.87. The predicted molar refractivity (Wildman–Crippen MR) is 81.8 cm³/mol. The molecule has 8 heteroatoms. The zero-order valence-corrected chi connectivity index (χ0v) is 13.9. The number of aliphatic carboxylic acids is 1. The van der Waals surface area contributed by atoms with Gasteiger partial charge in [0.15, 0.2) is 5.82 Å². The zero-order valence-electron chi connectivity index (χ0n) is 13.9. The van der Waals surface area contributed by atoms with Gasteiger partial charge in [-0.25, -0.2) is 4.79 Å². The topological polar surface area (TPSA) is 109 Å². The Labute approximate surface area is 135 Å². The Kier molecular flexibility index (Phi) is 5.23. The first-order chi connectivity index (χ1) is 10.8. The summed E-state index contributed by atoms with van der Waals surface area (Å²) < 4.78 is 5.30. The van der Waals surface area contributed by atoms with Crippen LogP contribution in [0.25, 0.3) is 0 Å². The van der Waals surface area contributed by atoms with Crippen LogP contribution in [0.15, 0.2) is 4.52 Å². The average Bonchev–Trinajstić information content (AvgIpc) is 3.22. The molecule has 1 aromatic heterocycles. The normalized spacial score (nSPS) is 16.9. The molecule has 2 amide bonds. The summed E-state index contributed by atoms with van der Waals surface area (Å²) in [6, 6.07) is -0.756. The molecule has 1 aliphatic rings. The van der Waals surface area contributed by atoms with Gasteiger partial charge >= 0.3 is 12.0 Å². The van der Waals surface area contributed by atoms with E-state index in [1.165, 1.54) is 4.90 Å². The molecule has 2 N–H and O–H groups in total. The Morgan fingerprint density at radius 1 is 1.39 bits per heavy atom. The van der Waals surface area contributed by atoms with Crippen LogP contribution in [-0.4, -0.2) is 45.7 Å². The summed E-state index contributed by atoms with van der Waals surface area (Å²) in [7, 11) is 1.57. The molecule has 2 unspecified atom stereocenters. The third-order valence-corrected chi connectivity index (χ3v) is 3.93. The van der Waals surface area contributed by atoms with E-state index in [2.05, 4.69) is 15.5 Å². The maximum absolute atomic E-state index is 12.3. The number of hydrogen-bond acceptors (Lipinski definition) is 5. The van der Waals surface area contributed by atoms with Crippen molar-refractivity contribution in [2.75, 3.05) is 13.6 Å². The van der Waals surface area contributed by atoms with E-state index in [1.54, 1.807) is 14.0 Å². The Morgan fingerprint density at radius 2 is 2.04 bits per heavy atom. The van der Waals surface area contributed by atoms with Gasteiger partial charge in [-0.05, 0) is 18.8 Å². The van der Waals surface area contributed by atoms with Crippen LogP contribution < -0.4 is 5.32 Å². The van der Waals surface area contributed by atoms with Crippen molar-refractivity contribution in [3.05, 3.63) is 11.7 Å². The van der Waals surface area contributed by atoms with Crippen LogP contribution in [0.3, 0.4) is 0 Å². The first kappa shape index (κ1) is 17.2. The van der Waals surface area contributed by atoms with E-state index in [-0.39, 0.29) is 18.5 Å². The van der Waals surface area contributed by atoms with Gasteiger partial charge in [0.1, 0.15) is 6.04 Å². The highest BCUT2D eigenvalue weighted by Crippen LogP contribution is 2.38. The molecule has 0 spiro atoms. The fourth-order valence-electron chi connectivity index (χ4n) is 2.21. The Hall–Kier alpha value is -2.12. The van der Waals surface area contributed by atoms with Gasteiger partial charge in [0.25, 0.3) is 0 Å². The molecule has 2 atom stereocenters. The number of nitrogens with zero attached hydrogens (tertiary/aromatic N) is 3. The van der Waals surface area contributed by atoms with E-state index in [9.17, 15) is 9.59 Å². The van der Waals surface area contributed by atoms with Crippen molar-refractivity contribution in [2.24, 2.45) is 11.8 Å². The van der Waals surface area contributed by atoms with E-state index < -0.39 is 17.9 Å². The van der Waals surface area contributed by atoms with Crippen LogP contribution >= 0.6 is 0 Å². The molecule has 2 rings (SSSR count). The van der Waals surface area contributed by atoms with E-state index in [1.807, 2.05) is 13.8 Å². The van der Waals surface area contributed by atoms with Crippen LogP contribution in [0, 0.1) is 11.8 Å². The number of carbonyl (C=O) groups is 2. The molecule has 0 bridgehead atoms. The maximum Gasteiger partial charge on any atom is 0.317 e. The summed E-state index contributed by atoms with van der Waals surface area (Å²) in [6.07, 6.45) is 2.15. The van der Waals surface area contributed by atoms with Crippen molar-refractivity contribution in [3.63, 3.8) is 0 Å². The Balaban J connectivity index is 2.00. The van der Waals surface area contributed by atoms with Gasteiger partial charge in [0, 0.05) is 19.5 Å². The van der Waals surface area contributed by atoms with E-state index in [0.717, 1.165) is 12.8 Å². The summed E-state index contributed by atoms with van der Waals surface area (Å²) in [6.45, 7) is 5.59. The minimum atomic E-state index is -0.934. The Morgan fingerprint density at radius 3 is 2.57 bits per heavy atom. The third-order valence-electron chi connectivity index (χ3n) is 3.93. The molecule has 1 aliphatic carbocycles. The van der Waals surface area contributed by atoms with Crippen molar-refractivity contribution in [1.82, 2.24) is 20.4 Å². The molecule has 0 aliphatic heterocycles. The molecular weight excluding hydrogens is 300 g/mol. The highest BCUT2D eigenvalue weighted by molar-refractivity contribution is 5.76. The fraction of sp³-hybridized carbons (Fsp3) is 0.733. The molecule has 8 nitrogen and oxygen atoms in total. The second-order valence-electron chi connectivity index (χ2n) is 6.56. The number of rotatable bonds is 7. The molecule has 1 saturated carbocycles. The van der Waals surface area contributed by atoms with Crippen molar-refractivity contribution < 1.29 is 19.2 Å². The lowest BCUT2D eigenvalue weighted by atomic mass is 10.0. The van der Waals surface area contributed by atoms with Crippen LogP contribution in [0.5, 0.6) is 0 Å². The van der Waals surface area contributed by atoms with Gasteiger partial charge in [-0.3, -0.25) is 4.79 Å². The number of carboxylic acids is 1. The standard InChI is InChI=1S/C15H24N4O4/c1-8(2)11(13-17-12(18-23-13)10-5-6-10)16-15(22)19(4)7-9(3)14(20)21/h8-11H,5-7H2,1-4H3,(H,16,22)(H,20,21). The number of hydrogen-bond donors (Lipinski definition) is 2. The summed E-state index contributed by atoms with van der Waals surface area (Å²) in [5.74, 6) is -0.0151.